The molecule has 1 aromatic rings. The van der Waals surface area contributed by atoms with Gasteiger partial charge in [-0.2, -0.15) is 9.68 Å². The van der Waals surface area contributed by atoms with Crippen molar-refractivity contribution in [2.75, 3.05) is 24.2 Å². The Morgan fingerprint density at radius 3 is 2.90 bits per heavy atom. The minimum absolute atomic E-state index is 0.0196. The Bertz CT molecular complexity index is 832. The van der Waals surface area contributed by atoms with Crippen LogP contribution < -0.4 is 14.5 Å². The van der Waals surface area contributed by atoms with Crippen LogP contribution in [-0.4, -0.2) is 54.8 Å². The van der Waals surface area contributed by atoms with Gasteiger partial charge in [0.05, 0.1) is 29.4 Å². The first kappa shape index (κ1) is 22.5. The van der Waals surface area contributed by atoms with Crippen LogP contribution in [0.5, 0.6) is 5.75 Å². The highest BCUT2D eigenvalue weighted by atomic mass is 35.5. The van der Waals surface area contributed by atoms with Gasteiger partial charge in [-0.3, -0.25) is 10.1 Å². The first-order valence-corrected chi connectivity index (χ1v) is 10.7. The second kappa shape index (κ2) is 10.2. The summed E-state index contributed by atoms with van der Waals surface area (Å²) in [5.74, 6) is 0.360. The molecule has 10 heteroatoms. The zero-order chi connectivity index (χ0) is 21.7. The van der Waals surface area contributed by atoms with Crippen molar-refractivity contribution in [1.82, 2.24) is 10.2 Å². The molecule has 8 nitrogen and oxygen atoms in total. The van der Waals surface area contributed by atoms with E-state index in [1.165, 1.54) is 0 Å². The van der Waals surface area contributed by atoms with E-state index in [1.54, 1.807) is 30.0 Å². The van der Waals surface area contributed by atoms with E-state index < -0.39 is 6.09 Å². The smallest absolute Gasteiger partial charge is 0.429 e. The Morgan fingerprint density at radius 1 is 1.37 bits per heavy atom. The standard InChI is InChI=1S/C20H24Cl2N4O4/c1-2-29-20(28)26(22)14-6-7-16(21)18(10-14)30-12-13-5-8-17(24-13)19(27)25-9-3-4-15(25)11-23/h6-7,10,13,15,17,24H,2-5,8-9,12H2,1H3/t13-,15+,17+/m1/s1. The fourth-order valence-electron chi connectivity index (χ4n) is 3.71. The van der Waals surface area contributed by atoms with Crippen LogP contribution in [0.4, 0.5) is 10.5 Å². The molecule has 2 aliphatic rings. The molecular formula is C20H24Cl2N4O4. The Labute approximate surface area is 185 Å². The number of hydrogen-bond donors (Lipinski definition) is 1. The number of likely N-dealkylation sites (tertiary alicyclic amines) is 1. The fourth-order valence-corrected chi connectivity index (χ4v) is 4.04. The van der Waals surface area contributed by atoms with Crippen LogP contribution in [0.1, 0.15) is 32.6 Å². The highest BCUT2D eigenvalue weighted by Gasteiger charge is 2.37. The summed E-state index contributed by atoms with van der Waals surface area (Å²) in [6.45, 7) is 2.83. The van der Waals surface area contributed by atoms with Crippen molar-refractivity contribution in [2.45, 2.75) is 50.7 Å². The van der Waals surface area contributed by atoms with Crippen molar-refractivity contribution in [2.24, 2.45) is 0 Å². The lowest BCUT2D eigenvalue weighted by Gasteiger charge is -2.24. The minimum atomic E-state index is -0.691. The van der Waals surface area contributed by atoms with Crippen molar-refractivity contribution in [3.05, 3.63) is 23.2 Å². The SMILES string of the molecule is CCOC(=O)N(Cl)c1ccc(Cl)c(OC[C@H]2CC[C@@H](C(=O)N3CCC[C@H]3C#N)N2)c1. The summed E-state index contributed by atoms with van der Waals surface area (Å²) in [4.78, 5) is 26.2. The first-order valence-electron chi connectivity index (χ1n) is 9.95. The fraction of sp³-hybridized carbons (Fsp3) is 0.550. The molecule has 0 unspecified atom stereocenters. The van der Waals surface area contributed by atoms with E-state index in [1.807, 2.05) is 0 Å². The average Bonchev–Trinajstić information content (AvgIpc) is 3.41. The summed E-state index contributed by atoms with van der Waals surface area (Å²) < 4.78 is 11.6. The number of hydrogen-bond acceptors (Lipinski definition) is 6. The number of anilines is 1. The number of benzene rings is 1. The Hall–Kier alpha value is -2.21. The number of amides is 2. The van der Waals surface area contributed by atoms with Crippen molar-refractivity contribution >= 4 is 41.1 Å². The van der Waals surface area contributed by atoms with Crippen LogP contribution in [-0.2, 0) is 9.53 Å². The molecule has 2 amide bonds. The normalized spacial score (nSPS) is 23.1. The monoisotopic (exact) mass is 454 g/mol. The average molecular weight is 455 g/mol. The predicted octanol–water partition coefficient (Wildman–Crippen LogP) is 3.47. The lowest BCUT2D eigenvalue weighted by Crippen LogP contribution is -2.47. The molecule has 0 bridgehead atoms. The van der Waals surface area contributed by atoms with Crippen molar-refractivity contribution < 1.29 is 19.1 Å². The number of carbonyl (C=O) groups excluding carboxylic acids is 2. The van der Waals surface area contributed by atoms with Crippen LogP contribution in [0.25, 0.3) is 0 Å². The minimum Gasteiger partial charge on any atom is -0.490 e. The van der Waals surface area contributed by atoms with Gasteiger partial charge in [0.25, 0.3) is 0 Å². The number of nitrogens with zero attached hydrogens (tertiary/aromatic N) is 3. The van der Waals surface area contributed by atoms with Gasteiger partial charge in [0.15, 0.2) is 0 Å². The third-order valence-electron chi connectivity index (χ3n) is 5.23. The summed E-state index contributed by atoms with van der Waals surface area (Å²) >= 11 is 12.2. The maximum atomic E-state index is 12.7. The molecule has 0 saturated carbocycles. The maximum absolute atomic E-state index is 12.7. The molecule has 0 spiro atoms. The lowest BCUT2D eigenvalue weighted by atomic mass is 10.1. The Balaban J connectivity index is 1.56. The van der Waals surface area contributed by atoms with Gasteiger partial charge in [-0.15, -0.1) is 0 Å². The van der Waals surface area contributed by atoms with E-state index >= 15 is 0 Å². The van der Waals surface area contributed by atoms with Gasteiger partial charge >= 0.3 is 6.09 Å². The topological polar surface area (TPSA) is 94.9 Å². The van der Waals surface area contributed by atoms with Crippen LogP contribution in [0.3, 0.4) is 0 Å². The summed E-state index contributed by atoms with van der Waals surface area (Å²) in [7, 11) is 0. The first-order chi connectivity index (χ1) is 14.4. The molecule has 0 radical (unpaired) electrons. The zero-order valence-corrected chi connectivity index (χ0v) is 18.2. The van der Waals surface area contributed by atoms with Gasteiger partial charge in [0.1, 0.15) is 18.4 Å². The Morgan fingerprint density at radius 2 is 2.17 bits per heavy atom. The molecule has 0 aliphatic carbocycles. The van der Waals surface area contributed by atoms with E-state index in [4.69, 9.17) is 32.9 Å². The molecule has 2 saturated heterocycles. The summed E-state index contributed by atoms with van der Waals surface area (Å²) in [5, 5.41) is 12.9. The number of carbonyl (C=O) groups is 2. The molecule has 162 valence electrons. The molecule has 2 aliphatic heterocycles. The number of halogens is 2. The van der Waals surface area contributed by atoms with E-state index in [0.29, 0.717) is 36.0 Å². The number of rotatable bonds is 6. The third kappa shape index (κ3) is 5.09. The molecule has 2 heterocycles. The van der Waals surface area contributed by atoms with E-state index in [-0.39, 0.29) is 30.6 Å². The maximum Gasteiger partial charge on any atom is 0.429 e. The van der Waals surface area contributed by atoms with Gasteiger partial charge in [-0.05, 0) is 44.7 Å². The highest BCUT2D eigenvalue weighted by Crippen LogP contribution is 2.31. The Kier molecular flexibility index (Phi) is 7.64. The number of nitriles is 1. The van der Waals surface area contributed by atoms with Gasteiger partial charge < -0.3 is 14.4 Å². The van der Waals surface area contributed by atoms with Crippen molar-refractivity contribution in [1.29, 1.82) is 5.26 Å². The molecule has 2 fully saturated rings. The molecule has 1 N–H and O–H groups in total. The van der Waals surface area contributed by atoms with E-state index in [0.717, 1.165) is 23.7 Å². The van der Waals surface area contributed by atoms with Crippen LogP contribution in [0.15, 0.2) is 18.2 Å². The van der Waals surface area contributed by atoms with Gasteiger partial charge in [-0.25, -0.2) is 4.79 Å². The van der Waals surface area contributed by atoms with E-state index in [2.05, 4.69) is 11.4 Å². The van der Waals surface area contributed by atoms with Crippen LogP contribution >= 0.6 is 23.4 Å². The van der Waals surface area contributed by atoms with Gasteiger partial charge in [0.2, 0.25) is 5.91 Å². The second-order valence-electron chi connectivity index (χ2n) is 7.22. The molecule has 0 aromatic heterocycles. The molecular weight excluding hydrogens is 431 g/mol. The quantitative estimate of drug-likeness (QED) is 0.661. The summed E-state index contributed by atoms with van der Waals surface area (Å²) in [5.41, 5.74) is 0.374. The van der Waals surface area contributed by atoms with Crippen LogP contribution in [0.2, 0.25) is 5.02 Å². The number of ether oxygens (including phenoxy) is 2. The zero-order valence-electron chi connectivity index (χ0n) is 16.6. The van der Waals surface area contributed by atoms with Gasteiger partial charge in [-0.1, -0.05) is 11.6 Å². The lowest BCUT2D eigenvalue weighted by molar-refractivity contribution is -0.133. The van der Waals surface area contributed by atoms with Crippen molar-refractivity contribution in [3.63, 3.8) is 0 Å². The van der Waals surface area contributed by atoms with Gasteiger partial charge in [0, 0.05) is 30.4 Å². The summed E-state index contributed by atoms with van der Waals surface area (Å²) in [6, 6.07) is 6.28. The largest absolute Gasteiger partial charge is 0.490 e. The molecule has 3 rings (SSSR count). The molecule has 1 aromatic carbocycles. The van der Waals surface area contributed by atoms with Crippen molar-refractivity contribution in [3.8, 4) is 11.8 Å². The van der Waals surface area contributed by atoms with Crippen LogP contribution in [0, 0.1) is 11.3 Å². The predicted molar refractivity (Wildman–Crippen MR) is 113 cm³/mol. The highest BCUT2D eigenvalue weighted by molar-refractivity contribution is 6.36. The second-order valence-corrected chi connectivity index (χ2v) is 7.96. The molecule has 30 heavy (non-hydrogen) atoms. The summed E-state index contributed by atoms with van der Waals surface area (Å²) in [6.07, 6.45) is 2.36. The molecule has 3 atom stereocenters. The third-order valence-corrected chi connectivity index (χ3v) is 5.88. The number of nitrogens with one attached hydrogen (secondary N) is 1. The van der Waals surface area contributed by atoms with E-state index in [9.17, 15) is 14.9 Å².